The molecule has 0 amide bonds. The van der Waals surface area contributed by atoms with Gasteiger partial charge in [0.15, 0.2) is 0 Å². The van der Waals surface area contributed by atoms with E-state index < -0.39 is 14.9 Å². The van der Waals surface area contributed by atoms with E-state index in [1.807, 2.05) is 0 Å². The van der Waals surface area contributed by atoms with Crippen LogP contribution in [0.1, 0.15) is 5.56 Å². The highest BCUT2D eigenvalue weighted by Gasteiger charge is 2.22. The van der Waals surface area contributed by atoms with Crippen molar-refractivity contribution in [2.24, 2.45) is 0 Å². The molecule has 0 spiro atoms. The zero-order valence-corrected chi connectivity index (χ0v) is 14.4. The standard InChI is InChI=1S/C14H17N3O4S2/c1-11-5-3-6-12(17(18)19)14(11)15-8-9-16(2)23(20,21)13-7-4-10-22-13/h3-7,10,15H,8-9H2,1-2H3. The average Bonchev–Trinajstić information content (AvgIpc) is 3.03. The van der Waals surface area contributed by atoms with E-state index in [9.17, 15) is 18.5 Å². The second-order valence-corrected chi connectivity index (χ2v) is 8.13. The Morgan fingerprint density at radius 2 is 2.04 bits per heavy atom. The predicted octanol–water partition coefficient (Wildman–Crippen LogP) is 2.70. The van der Waals surface area contributed by atoms with Gasteiger partial charge in [-0.1, -0.05) is 18.2 Å². The lowest BCUT2D eigenvalue weighted by Crippen LogP contribution is -2.31. The van der Waals surface area contributed by atoms with Gasteiger partial charge >= 0.3 is 0 Å². The zero-order chi connectivity index (χ0) is 17.0. The Hall–Kier alpha value is -1.97. The third-order valence-corrected chi connectivity index (χ3v) is 6.57. The van der Waals surface area contributed by atoms with Gasteiger partial charge in [-0.15, -0.1) is 11.3 Å². The van der Waals surface area contributed by atoms with E-state index >= 15 is 0 Å². The van der Waals surface area contributed by atoms with Crippen molar-refractivity contribution < 1.29 is 13.3 Å². The molecule has 1 aromatic carbocycles. The number of benzene rings is 1. The summed E-state index contributed by atoms with van der Waals surface area (Å²) < 4.78 is 26.1. The van der Waals surface area contributed by atoms with Crippen molar-refractivity contribution in [3.05, 3.63) is 51.4 Å². The molecular weight excluding hydrogens is 338 g/mol. The van der Waals surface area contributed by atoms with Gasteiger partial charge in [0.2, 0.25) is 0 Å². The fraction of sp³-hybridized carbons (Fsp3) is 0.286. The van der Waals surface area contributed by atoms with Crippen molar-refractivity contribution in [1.29, 1.82) is 0 Å². The van der Waals surface area contributed by atoms with Crippen molar-refractivity contribution in [1.82, 2.24) is 4.31 Å². The van der Waals surface area contributed by atoms with Crippen LogP contribution < -0.4 is 5.32 Å². The number of nitrogens with zero attached hydrogens (tertiary/aromatic N) is 2. The van der Waals surface area contributed by atoms with Crippen LogP contribution in [0.5, 0.6) is 0 Å². The first-order valence-electron chi connectivity index (χ1n) is 6.81. The molecule has 2 aromatic rings. The normalized spacial score (nSPS) is 11.6. The second kappa shape index (κ2) is 7.07. The quantitative estimate of drug-likeness (QED) is 0.609. The van der Waals surface area contributed by atoms with Gasteiger partial charge in [0.25, 0.3) is 15.7 Å². The number of rotatable bonds is 7. The van der Waals surface area contributed by atoms with E-state index in [0.717, 1.165) is 16.9 Å². The molecule has 0 saturated carbocycles. The summed E-state index contributed by atoms with van der Waals surface area (Å²) in [5.41, 5.74) is 1.14. The molecule has 1 N–H and O–H groups in total. The van der Waals surface area contributed by atoms with Gasteiger partial charge in [-0.05, 0) is 23.9 Å². The van der Waals surface area contributed by atoms with Crippen LogP contribution in [0.2, 0.25) is 0 Å². The lowest BCUT2D eigenvalue weighted by molar-refractivity contribution is -0.384. The fourth-order valence-electron chi connectivity index (χ4n) is 2.06. The minimum absolute atomic E-state index is 0.0197. The highest BCUT2D eigenvalue weighted by molar-refractivity contribution is 7.91. The third-order valence-electron chi connectivity index (χ3n) is 3.34. The van der Waals surface area contributed by atoms with Gasteiger partial charge in [0.1, 0.15) is 9.90 Å². The molecule has 0 aliphatic heterocycles. The monoisotopic (exact) mass is 355 g/mol. The first-order chi connectivity index (χ1) is 10.8. The first-order valence-corrected chi connectivity index (χ1v) is 9.13. The molecule has 1 aromatic heterocycles. The van der Waals surface area contributed by atoms with Gasteiger partial charge in [-0.2, -0.15) is 4.31 Å². The van der Waals surface area contributed by atoms with Gasteiger partial charge in [-0.25, -0.2) is 8.42 Å². The fourth-order valence-corrected chi connectivity index (χ4v) is 4.43. The maximum atomic E-state index is 12.3. The second-order valence-electron chi connectivity index (χ2n) is 4.91. The highest BCUT2D eigenvalue weighted by atomic mass is 32.2. The number of hydrogen-bond acceptors (Lipinski definition) is 6. The number of nitrogens with one attached hydrogen (secondary N) is 1. The molecule has 0 atom stereocenters. The van der Waals surface area contributed by atoms with Crippen LogP contribution >= 0.6 is 11.3 Å². The van der Waals surface area contributed by atoms with Crippen molar-refractivity contribution in [2.45, 2.75) is 11.1 Å². The Morgan fingerprint density at radius 3 is 2.65 bits per heavy atom. The lowest BCUT2D eigenvalue weighted by atomic mass is 10.1. The number of sulfonamides is 1. The maximum absolute atomic E-state index is 12.3. The topological polar surface area (TPSA) is 92.6 Å². The molecule has 0 radical (unpaired) electrons. The van der Waals surface area contributed by atoms with E-state index in [2.05, 4.69) is 5.32 Å². The van der Waals surface area contributed by atoms with Crippen LogP contribution in [-0.2, 0) is 10.0 Å². The summed E-state index contributed by atoms with van der Waals surface area (Å²) in [5.74, 6) is 0. The van der Waals surface area contributed by atoms with E-state index in [1.54, 1.807) is 36.6 Å². The molecule has 9 heteroatoms. The number of nitro benzene ring substituents is 1. The van der Waals surface area contributed by atoms with Crippen LogP contribution in [0, 0.1) is 17.0 Å². The van der Waals surface area contributed by atoms with Crippen molar-refractivity contribution in [2.75, 3.05) is 25.5 Å². The number of nitro groups is 1. The minimum atomic E-state index is -3.51. The molecule has 23 heavy (non-hydrogen) atoms. The Labute approximate surface area is 138 Å². The van der Waals surface area contributed by atoms with Crippen LogP contribution in [0.4, 0.5) is 11.4 Å². The van der Waals surface area contributed by atoms with Gasteiger partial charge in [0, 0.05) is 26.2 Å². The molecule has 124 valence electrons. The maximum Gasteiger partial charge on any atom is 0.292 e. The predicted molar refractivity (Wildman–Crippen MR) is 90.5 cm³/mol. The van der Waals surface area contributed by atoms with E-state index in [4.69, 9.17) is 0 Å². The molecule has 0 fully saturated rings. The summed E-state index contributed by atoms with van der Waals surface area (Å²) in [6.07, 6.45) is 0. The minimum Gasteiger partial charge on any atom is -0.378 e. The summed E-state index contributed by atoms with van der Waals surface area (Å²) in [4.78, 5) is 10.6. The molecule has 2 rings (SSSR count). The Morgan fingerprint density at radius 1 is 1.30 bits per heavy atom. The smallest absolute Gasteiger partial charge is 0.292 e. The van der Waals surface area contributed by atoms with E-state index in [0.29, 0.717) is 5.69 Å². The van der Waals surface area contributed by atoms with E-state index in [1.165, 1.54) is 17.4 Å². The van der Waals surface area contributed by atoms with Gasteiger partial charge in [-0.3, -0.25) is 10.1 Å². The molecule has 0 saturated heterocycles. The first kappa shape index (κ1) is 17.4. The molecule has 0 aliphatic carbocycles. The summed E-state index contributed by atoms with van der Waals surface area (Å²) >= 11 is 1.16. The summed E-state index contributed by atoms with van der Waals surface area (Å²) in [6, 6.07) is 8.03. The molecule has 0 bridgehead atoms. The van der Waals surface area contributed by atoms with Crippen molar-refractivity contribution in [3.8, 4) is 0 Å². The molecule has 0 unspecified atom stereocenters. The zero-order valence-electron chi connectivity index (χ0n) is 12.7. The number of thiophene rings is 1. The van der Waals surface area contributed by atoms with Gasteiger partial charge < -0.3 is 5.32 Å². The number of hydrogen-bond donors (Lipinski definition) is 1. The lowest BCUT2D eigenvalue weighted by Gasteiger charge is -2.17. The number of anilines is 1. The Kier molecular flexibility index (Phi) is 5.34. The van der Waals surface area contributed by atoms with Crippen LogP contribution in [0.3, 0.4) is 0 Å². The molecule has 0 aliphatic rings. The third kappa shape index (κ3) is 3.87. The van der Waals surface area contributed by atoms with Crippen LogP contribution in [0.15, 0.2) is 39.9 Å². The summed E-state index contributed by atoms with van der Waals surface area (Å²) in [5, 5.41) is 15.7. The Bertz CT molecular complexity index is 788. The van der Waals surface area contributed by atoms with Crippen LogP contribution in [-0.4, -0.2) is 37.8 Å². The number of likely N-dealkylation sites (N-methyl/N-ethyl adjacent to an activating group) is 1. The van der Waals surface area contributed by atoms with Crippen LogP contribution in [0.25, 0.3) is 0 Å². The molecule has 7 nitrogen and oxygen atoms in total. The number of aryl methyl sites for hydroxylation is 1. The summed E-state index contributed by atoms with van der Waals surface area (Å²) in [6.45, 7) is 2.24. The van der Waals surface area contributed by atoms with E-state index in [-0.39, 0.29) is 23.0 Å². The summed E-state index contributed by atoms with van der Waals surface area (Å²) in [7, 11) is -2.02. The van der Waals surface area contributed by atoms with Gasteiger partial charge in [0.05, 0.1) is 4.92 Å². The Balaban J connectivity index is 2.05. The van der Waals surface area contributed by atoms with Crippen molar-refractivity contribution >= 4 is 32.7 Å². The molecule has 1 heterocycles. The SMILES string of the molecule is Cc1cccc([N+](=O)[O-])c1NCCN(C)S(=O)(=O)c1cccs1. The average molecular weight is 355 g/mol. The highest BCUT2D eigenvalue weighted by Crippen LogP contribution is 2.27. The van der Waals surface area contributed by atoms with Crippen molar-refractivity contribution in [3.63, 3.8) is 0 Å². The molecular formula is C14H17N3O4S2. The largest absolute Gasteiger partial charge is 0.378 e. The number of para-hydroxylation sites is 1.